The van der Waals surface area contributed by atoms with E-state index in [4.69, 9.17) is 32.7 Å². The summed E-state index contributed by atoms with van der Waals surface area (Å²) in [5, 5.41) is 14.3. The third-order valence-electron chi connectivity index (χ3n) is 7.28. The molecule has 38 heavy (non-hydrogen) atoms. The number of halogens is 2. The molecule has 2 N–H and O–H groups in total. The predicted molar refractivity (Wildman–Crippen MR) is 142 cm³/mol. The lowest BCUT2D eigenvalue weighted by atomic mass is 9.76. The van der Waals surface area contributed by atoms with Crippen LogP contribution in [0.1, 0.15) is 17.2 Å². The Kier molecular flexibility index (Phi) is 6.81. The van der Waals surface area contributed by atoms with Crippen LogP contribution >= 0.6 is 23.2 Å². The van der Waals surface area contributed by atoms with Gasteiger partial charge in [0.2, 0.25) is 11.8 Å². The third-order valence-corrected chi connectivity index (χ3v) is 7.82. The molecule has 0 aromatic heterocycles. The molecule has 3 aromatic carbocycles. The van der Waals surface area contributed by atoms with Gasteiger partial charge in [0.05, 0.1) is 36.8 Å². The number of carbonyl (C=O) groups is 3. The fourth-order valence-electron chi connectivity index (χ4n) is 5.59. The first-order valence-electron chi connectivity index (χ1n) is 11.8. The second-order valence-electron chi connectivity index (χ2n) is 9.29. The van der Waals surface area contributed by atoms with Gasteiger partial charge in [-0.15, -0.1) is 0 Å². The van der Waals surface area contributed by atoms with E-state index in [1.807, 2.05) is 6.07 Å². The first-order chi connectivity index (χ1) is 18.2. The normalized spacial score (nSPS) is 24.4. The second-order valence-corrected chi connectivity index (χ2v) is 10.1. The Morgan fingerprint density at radius 3 is 2.32 bits per heavy atom. The fraction of sp³-hybridized carbons (Fsp3) is 0.250. The zero-order chi connectivity index (χ0) is 27.2. The highest BCUT2D eigenvalue weighted by Gasteiger charge is 2.68. The van der Waals surface area contributed by atoms with E-state index in [2.05, 4.69) is 5.32 Å². The number of rotatable bonds is 7. The van der Waals surface area contributed by atoms with Crippen molar-refractivity contribution in [1.29, 1.82) is 0 Å². The minimum Gasteiger partial charge on any atom is -0.493 e. The number of imide groups is 1. The number of carbonyl (C=O) groups excluding carboxylic acids is 2. The molecule has 0 unspecified atom stereocenters. The summed E-state index contributed by atoms with van der Waals surface area (Å²) in [7, 11) is 2.99. The van der Waals surface area contributed by atoms with Crippen molar-refractivity contribution >= 4 is 46.7 Å². The number of hydrogen-bond donors (Lipinski definition) is 2. The Bertz CT molecular complexity index is 1430. The van der Waals surface area contributed by atoms with Gasteiger partial charge in [-0.1, -0.05) is 59.6 Å². The molecule has 0 aliphatic carbocycles. The van der Waals surface area contributed by atoms with Crippen LogP contribution in [0.2, 0.25) is 10.0 Å². The summed E-state index contributed by atoms with van der Waals surface area (Å²) in [6.45, 7) is 0. The maximum atomic E-state index is 14.0. The van der Waals surface area contributed by atoms with E-state index in [-0.39, 0.29) is 17.1 Å². The number of anilines is 1. The summed E-state index contributed by atoms with van der Waals surface area (Å²) in [6.07, 6.45) is -0.0185. The van der Waals surface area contributed by atoms with Crippen molar-refractivity contribution in [3.05, 3.63) is 87.9 Å². The van der Waals surface area contributed by atoms with Crippen LogP contribution in [0, 0.1) is 11.8 Å². The van der Waals surface area contributed by atoms with Crippen LogP contribution in [0.4, 0.5) is 5.69 Å². The van der Waals surface area contributed by atoms with Gasteiger partial charge >= 0.3 is 5.97 Å². The molecule has 3 aromatic rings. The van der Waals surface area contributed by atoms with Gasteiger partial charge in [-0.2, -0.15) is 0 Å². The summed E-state index contributed by atoms with van der Waals surface area (Å²) in [5.74, 6) is -3.77. The van der Waals surface area contributed by atoms with Gasteiger partial charge < -0.3 is 14.6 Å². The molecule has 0 bridgehead atoms. The zero-order valence-electron chi connectivity index (χ0n) is 20.5. The quantitative estimate of drug-likeness (QED) is 0.413. The predicted octanol–water partition coefficient (Wildman–Crippen LogP) is 4.53. The van der Waals surface area contributed by atoms with Gasteiger partial charge in [-0.25, -0.2) is 4.90 Å². The summed E-state index contributed by atoms with van der Waals surface area (Å²) >= 11 is 12.4. The third kappa shape index (κ3) is 4.09. The molecule has 2 heterocycles. The largest absolute Gasteiger partial charge is 0.493 e. The molecule has 2 aliphatic heterocycles. The average Bonchev–Trinajstić information content (AvgIpc) is 3.38. The number of nitrogens with one attached hydrogen (secondary N) is 1. The molecule has 2 fully saturated rings. The number of methoxy groups -OCH3 is 2. The summed E-state index contributed by atoms with van der Waals surface area (Å²) in [4.78, 5) is 42.0. The van der Waals surface area contributed by atoms with Crippen LogP contribution in [-0.2, 0) is 20.8 Å². The van der Waals surface area contributed by atoms with Crippen molar-refractivity contribution in [1.82, 2.24) is 5.32 Å². The summed E-state index contributed by atoms with van der Waals surface area (Å²) in [6, 6.07) is 17.7. The fourth-order valence-corrected chi connectivity index (χ4v) is 6.08. The highest BCUT2D eigenvalue weighted by Crippen LogP contribution is 2.52. The van der Waals surface area contributed by atoms with Gasteiger partial charge in [0.15, 0.2) is 11.5 Å². The van der Waals surface area contributed by atoms with Crippen molar-refractivity contribution in [3.63, 3.8) is 0 Å². The maximum Gasteiger partial charge on any atom is 0.325 e. The lowest BCUT2D eigenvalue weighted by Gasteiger charge is -2.31. The van der Waals surface area contributed by atoms with Crippen LogP contribution in [0.25, 0.3) is 0 Å². The van der Waals surface area contributed by atoms with Crippen molar-refractivity contribution in [2.45, 2.75) is 18.0 Å². The average molecular weight is 555 g/mol. The molecule has 0 saturated carbocycles. The maximum absolute atomic E-state index is 14.0. The van der Waals surface area contributed by atoms with E-state index in [1.54, 1.807) is 42.5 Å². The molecule has 2 aliphatic rings. The van der Waals surface area contributed by atoms with Crippen molar-refractivity contribution in [3.8, 4) is 11.5 Å². The Balaban J connectivity index is 1.68. The highest BCUT2D eigenvalue weighted by atomic mass is 35.5. The van der Waals surface area contributed by atoms with Crippen molar-refractivity contribution in [2.24, 2.45) is 11.8 Å². The number of nitrogens with zero attached hydrogens (tertiary/aromatic N) is 1. The van der Waals surface area contributed by atoms with Crippen molar-refractivity contribution in [2.75, 3.05) is 19.1 Å². The Morgan fingerprint density at radius 1 is 0.974 bits per heavy atom. The summed E-state index contributed by atoms with van der Waals surface area (Å²) in [5.41, 5.74) is -0.327. The van der Waals surface area contributed by atoms with E-state index < -0.39 is 41.2 Å². The van der Waals surface area contributed by atoms with Crippen molar-refractivity contribution < 1.29 is 29.0 Å². The van der Waals surface area contributed by atoms with E-state index in [1.165, 1.54) is 32.4 Å². The Morgan fingerprint density at radius 2 is 1.68 bits per heavy atom. The Hall–Kier alpha value is -3.59. The standard InChI is InChI=1S/C28H24Cl2N2O6/c1-37-20-11-8-16(12-21(20)38-2)24-22-23(28(31-24,27(35)36)14-15-6-4-3-5-7-15)26(34)32(25(22)33)19-10-9-17(29)13-18(19)30/h3-13,22-24,31H,14H2,1-2H3,(H,35,36)/t22-,23-,24-,28-/m0/s1. The van der Waals surface area contributed by atoms with E-state index in [9.17, 15) is 19.5 Å². The first kappa shape index (κ1) is 26.0. The van der Waals surface area contributed by atoms with E-state index >= 15 is 0 Å². The van der Waals surface area contributed by atoms with Crippen LogP contribution < -0.4 is 19.7 Å². The molecule has 0 radical (unpaired) electrons. The molecule has 4 atom stereocenters. The minimum absolute atomic E-state index is 0.0185. The number of fused-ring (bicyclic) bond motifs is 1. The number of ether oxygens (including phenoxy) is 2. The van der Waals surface area contributed by atoms with Gasteiger partial charge in [-0.3, -0.25) is 19.7 Å². The van der Waals surface area contributed by atoms with Gasteiger partial charge in [0.25, 0.3) is 0 Å². The number of carboxylic acids is 1. The molecule has 8 nitrogen and oxygen atoms in total. The van der Waals surface area contributed by atoms with Crippen LogP contribution in [0.3, 0.4) is 0 Å². The number of benzene rings is 3. The Labute approximate surface area is 229 Å². The first-order valence-corrected chi connectivity index (χ1v) is 12.6. The number of hydrogen-bond acceptors (Lipinski definition) is 6. The minimum atomic E-state index is -1.77. The topological polar surface area (TPSA) is 105 Å². The van der Waals surface area contributed by atoms with E-state index in [0.29, 0.717) is 27.6 Å². The van der Waals surface area contributed by atoms with Crippen LogP contribution in [0.5, 0.6) is 11.5 Å². The molecular weight excluding hydrogens is 531 g/mol. The molecule has 196 valence electrons. The summed E-state index contributed by atoms with van der Waals surface area (Å²) < 4.78 is 10.8. The second kappa shape index (κ2) is 9.94. The highest BCUT2D eigenvalue weighted by molar-refractivity contribution is 6.38. The van der Waals surface area contributed by atoms with Gasteiger partial charge in [-0.05, 0) is 41.5 Å². The lowest BCUT2D eigenvalue weighted by Crippen LogP contribution is -2.57. The van der Waals surface area contributed by atoms with Crippen LogP contribution in [0.15, 0.2) is 66.7 Å². The number of amides is 2. The van der Waals surface area contributed by atoms with Crippen LogP contribution in [-0.4, -0.2) is 42.6 Å². The van der Waals surface area contributed by atoms with Gasteiger partial charge in [0.1, 0.15) is 5.54 Å². The zero-order valence-corrected chi connectivity index (χ0v) is 22.0. The molecule has 2 saturated heterocycles. The smallest absolute Gasteiger partial charge is 0.325 e. The van der Waals surface area contributed by atoms with E-state index in [0.717, 1.165) is 4.90 Å². The lowest BCUT2D eigenvalue weighted by molar-refractivity contribution is -0.148. The SMILES string of the molecule is COc1ccc([C@@H]2N[C@](Cc3ccccc3)(C(=O)O)[C@@H]3C(=O)N(c4ccc(Cl)cc4Cl)C(=O)[C@@H]32)cc1OC. The molecular formula is C28H24Cl2N2O6. The monoisotopic (exact) mass is 554 g/mol. The molecule has 2 amide bonds. The number of aliphatic carboxylic acids is 1. The molecule has 0 spiro atoms. The number of carboxylic acid groups (broad SMARTS) is 1. The molecule has 10 heteroatoms. The van der Waals surface area contributed by atoms with Gasteiger partial charge in [0, 0.05) is 17.5 Å². The molecule has 5 rings (SSSR count).